The summed E-state index contributed by atoms with van der Waals surface area (Å²) >= 11 is 0. The van der Waals surface area contributed by atoms with Gasteiger partial charge in [0.15, 0.2) is 0 Å². The lowest BCUT2D eigenvalue weighted by Crippen LogP contribution is -2.41. The highest BCUT2D eigenvalue weighted by Gasteiger charge is 2.08. The van der Waals surface area contributed by atoms with Gasteiger partial charge in [0.25, 0.3) is 0 Å². The zero-order valence-corrected chi connectivity index (χ0v) is 12.6. The lowest BCUT2D eigenvalue weighted by Gasteiger charge is -2.22. The van der Waals surface area contributed by atoms with Crippen molar-refractivity contribution in [2.45, 2.75) is 26.8 Å². The molecule has 0 spiro atoms. The van der Waals surface area contributed by atoms with Crippen LogP contribution in [0.5, 0.6) is 0 Å². The number of hydrogen-bond donors (Lipinski definition) is 2. The number of likely N-dealkylation sites (N-methyl/N-ethyl adjacent to an activating group) is 1. The van der Waals surface area contributed by atoms with Gasteiger partial charge in [0.2, 0.25) is 5.91 Å². The van der Waals surface area contributed by atoms with Crippen LogP contribution in [0.3, 0.4) is 0 Å². The Morgan fingerprint density at radius 3 is 2.45 bits per heavy atom. The molecule has 1 amide bonds. The summed E-state index contributed by atoms with van der Waals surface area (Å²) in [4.78, 5) is 14.1. The number of hydrogen-bond acceptors (Lipinski definition) is 3. The Balaban J connectivity index is 2.44. The normalized spacial score (nSPS) is 12.8. The maximum Gasteiger partial charge on any atom is 0.244 e. The van der Waals surface area contributed by atoms with Crippen LogP contribution in [0.2, 0.25) is 0 Å². The van der Waals surface area contributed by atoms with Gasteiger partial charge >= 0.3 is 0 Å². The summed E-state index contributed by atoms with van der Waals surface area (Å²) in [7, 11) is 0. The van der Waals surface area contributed by atoms with Gasteiger partial charge in [-0.3, -0.25) is 4.79 Å². The molecule has 1 rings (SSSR count). The van der Waals surface area contributed by atoms with Gasteiger partial charge in [0.1, 0.15) is 0 Å². The molecule has 1 aromatic rings. The number of nitrogens with two attached hydrogens (primary N) is 1. The minimum atomic E-state index is -0.0681. The molecule has 110 valence electrons. The fraction of sp³-hybridized carbons (Fsp3) is 0.438. The van der Waals surface area contributed by atoms with Gasteiger partial charge in [-0.2, -0.15) is 0 Å². The van der Waals surface area contributed by atoms with E-state index < -0.39 is 0 Å². The summed E-state index contributed by atoms with van der Waals surface area (Å²) in [5, 5.41) is 2.97. The summed E-state index contributed by atoms with van der Waals surface area (Å²) < 4.78 is 0. The molecular formula is C16H25N3O. The third-order valence-electron chi connectivity index (χ3n) is 3.18. The maximum atomic E-state index is 11.8. The third kappa shape index (κ3) is 5.89. The molecule has 0 saturated carbocycles. The van der Waals surface area contributed by atoms with Gasteiger partial charge in [-0.25, -0.2) is 0 Å². The van der Waals surface area contributed by atoms with Gasteiger partial charge in [0.05, 0.1) is 0 Å². The van der Waals surface area contributed by atoms with Crippen molar-refractivity contribution in [3.8, 4) is 0 Å². The molecule has 3 N–H and O–H groups in total. The molecule has 4 nitrogen and oxygen atoms in total. The summed E-state index contributed by atoms with van der Waals surface area (Å²) in [6.07, 6.45) is 3.35. The number of rotatable bonds is 7. The molecule has 0 bridgehead atoms. The molecule has 0 saturated heterocycles. The lowest BCUT2D eigenvalue weighted by molar-refractivity contribution is -0.117. The first kappa shape index (κ1) is 16.2. The van der Waals surface area contributed by atoms with E-state index in [1.165, 1.54) is 0 Å². The fourth-order valence-corrected chi connectivity index (χ4v) is 1.98. The Morgan fingerprint density at radius 2 is 1.90 bits per heavy atom. The molecule has 20 heavy (non-hydrogen) atoms. The van der Waals surface area contributed by atoms with Crippen molar-refractivity contribution in [3.05, 3.63) is 35.9 Å². The summed E-state index contributed by atoms with van der Waals surface area (Å²) in [5.74, 6) is -0.0681. The first-order chi connectivity index (χ1) is 9.55. The van der Waals surface area contributed by atoms with E-state index in [0.29, 0.717) is 0 Å². The predicted octanol–water partition coefficient (Wildman–Crippen LogP) is 2.13. The molecule has 0 heterocycles. The van der Waals surface area contributed by atoms with Gasteiger partial charge < -0.3 is 16.0 Å². The quantitative estimate of drug-likeness (QED) is 0.592. The number of amides is 1. The predicted molar refractivity (Wildman–Crippen MR) is 85.3 cm³/mol. The zero-order valence-electron chi connectivity index (χ0n) is 12.6. The van der Waals surface area contributed by atoms with E-state index in [2.05, 4.69) is 24.1 Å². The number of carbonyl (C=O) groups excluding carboxylic acids is 1. The van der Waals surface area contributed by atoms with Crippen LogP contribution in [0.25, 0.3) is 6.08 Å². The highest BCUT2D eigenvalue weighted by atomic mass is 16.1. The minimum absolute atomic E-state index is 0.0681. The first-order valence-electron chi connectivity index (χ1n) is 7.11. The average molecular weight is 275 g/mol. The third-order valence-corrected chi connectivity index (χ3v) is 3.18. The molecule has 4 heteroatoms. The Kier molecular flexibility index (Phi) is 6.81. The zero-order chi connectivity index (χ0) is 15.0. The molecule has 1 unspecified atom stereocenters. The van der Waals surface area contributed by atoms with Crippen LogP contribution >= 0.6 is 0 Å². The number of carbonyl (C=O) groups is 1. The summed E-state index contributed by atoms with van der Waals surface area (Å²) in [5.41, 5.74) is 7.30. The lowest BCUT2D eigenvalue weighted by atomic mass is 10.2. The van der Waals surface area contributed by atoms with E-state index in [0.717, 1.165) is 30.9 Å². The van der Waals surface area contributed by atoms with Crippen molar-refractivity contribution >= 4 is 17.7 Å². The van der Waals surface area contributed by atoms with Crippen molar-refractivity contribution in [1.82, 2.24) is 10.2 Å². The van der Waals surface area contributed by atoms with E-state index in [9.17, 15) is 4.79 Å². The van der Waals surface area contributed by atoms with E-state index in [4.69, 9.17) is 5.73 Å². The number of benzene rings is 1. The summed E-state index contributed by atoms with van der Waals surface area (Å²) in [6.45, 7) is 9.13. The maximum absolute atomic E-state index is 11.8. The molecule has 1 aromatic carbocycles. The fourth-order valence-electron chi connectivity index (χ4n) is 1.98. The summed E-state index contributed by atoms with van der Waals surface area (Å²) in [6, 6.07) is 7.55. The van der Waals surface area contributed by atoms with Crippen LogP contribution in [0.4, 0.5) is 5.69 Å². The largest absolute Gasteiger partial charge is 0.399 e. The molecule has 1 atom stereocenters. The van der Waals surface area contributed by atoms with Crippen LogP contribution in [0, 0.1) is 0 Å². The second-order valence-corrected chi connectivity index (χ2v) is 4.90. The Labute approximate surface area is 121 Å². The van der Waals surface area contributed by atoms with Gasteiger partial charge in [-0.15, -0.1) is 0 Å². The minimum Gasteiger partial charge on any atom is -0.399 e. The number of nitrogens with one attached hydrogen (secondary N) is 1. The van der Waals surface area contributed by atoms with Crippen LogP contribution < -0.4 is 11.1 Å². The molecule has 0 aromatic heterocycles. The van der Waals surface area contributed by atoms with Crippen LogP contribution in [-0.4, -0.2) is 36.5 Å². The monoisotopic (exact) mass is 275 g/mol. The molecule has 0 aliphatic heterocycles. The number of nitrogen functional groups attached to an aromatic ring is 1. The van der Waals surface area contributed by atoms with Gasteiger partial charge in [-0.1, -0.05) is 26.0 Å². The van der Waals surface area contributed by atoms with Crippen molar-refractivity contribution < 1.29 is 4.79 Å². The molecular weight excluding hydrogens is 250 g/mol. The van der Waals surface area contributed by atoms with E-state index in [1.54, 1.807) is 12.2 Å². The topological polar surface area (TPSA) is 58.4 Å². The van der Waals surface area contributed by atoms with Crippen molar-refractivity contribution in [3.63, 3.8) is 0 Å². The van der Waals surface area contributed by atoms with Crippen LogP contribution in [0.15, 0.2) is 30.3 Å². The van der Waals surface area contributed by atoms with Crippen molar-refractivity contribution in [2.75, 3.05) is 25.4 Å². The SMILES string of the molecule is CCN(CC)CC(C)NC(=O)/C=C/c1ccc(N)cc1. The Hall–Kier alpha value is -1.81. The Bertz CT molecular complexity index is 436. The molecule has 0 fully saturated rings. The van der Waals surface area contributed by atoms with Crippen molar-refractivity contribution in [1.29, 1.82) is 0 Å². The average Bonchev–Trinajstić information content (AvgIpc) is 2.44. The van der Waals surface area contributed by atoms with E-state index in [1.807, 2.05) is 31.2 Å². The molecule has 0 aliphatic carbocycles. The standard InChI is InChI=1S/C16H25N3O/c1-4-19(5-2)12-13(3)18-16(20)11-8-14-6-9-15(17)10-7-14/h6-11,13H,4-5,12,17H2,1-3H3,(H,18,20)/b11-8+. The van der Waals surface area contributed by atoms with Gasteiger partial charge in [0, 0.05) is 24.4 Å². The van der Waals surface area contributed by atoms with E-state index in [-0.39, 0.29) is 11.9 Å². The second-order valence-electron chi connectivity index (χ2n) is 4.90. The van der Waals surface area contributed by atoms with E-state index >= 15 is 0 Å². The van der Waals surface area contributed by atoms with Crippen molar-refractivity contribution in [2.24, 2.45) is 0 Å². The first-order valence-corrected chi connectivity index (χ1v) is 7.11. The highest BCUT2D eigenvalue weighted by Crippen LogP contribution is 2.06. The molecule has 0 radical (unpaired) electrons. The second kappa shape index (κ2) is 8.38. The van der Waals surface area contributed by atoms with Gasteiger partial charge in [-0.05, 0) is 43.8 Å². The van der Waals surface area contributed by atoms with Crippen LogP contribution in [0.1, 0.15) is 26.3 Å². The van der Waals surface area contributed by atoms with Crippen LogP contribution in [-0.2, 0) is 4.79 Å². The number of nitrogens with zero attached hydrogens (tertiary/aromatic N) is 1. The number of anilines is 1. The smallest absolute Gasteiger partial charge is 0.244 e. The Morgan fingerprint density at radius 1 is 1.30 bits per heavy atom. The highest BCUT2D eigenvalue weighted by molar-refractivity contribution is 5.91. The molecule has 0 aliphatic rings.